The number of aliphatic hydroxyl groups is 2. The SMILES string of the molecule is Nc1ccc(O)c(O)c1.Nc1ccc(O)c(O)c1.O=C(O)CC(O)C(=O)O.O=C(O)CC(O)C(=O)O. The standard InChI is InChI=1S/2C6H7NO2.2C4H6O5/c2*7-4-1-2-5(8)6(9)3-4;2*5-2(4(8)9)1-3(6)7/h2*1-3,8-9H,7H2;2*2,5H,1H2,(H,6,7)(H,8,9). The number of carboxylic acid groups (broad SMARTS) is 4. The van der Waals surface area contributed by atoms with Crippen molar-refractivity contribution in [2.45, 2.75) is 25.0 Å². The van der Waals surface area contributed by atoms with E-state index in [0.29, 0.717) is 11.4 Å². The number of aliphatic carboxylic acids is 4. The van der Waals surface area contributed by atoms with Crippen LogP contribution in [0.3, 0.4) is 0 Å². The fourth-order valence-corrected chi connectivity index (χ4v) is 1.59. The first-order valence-corrected chi connectivity index (χ1v) is 9.28. The van der Waals surface area contributed by atoms with Crippen molar-refractivity contribution in [1.82, 2.24) is 0 Å². The molecule has 0 spiro atoms. The maximum Gasteiger partial charge on any atom is 0.333 e. The molecule has 2 rings (SSSR count). The summed E-state index contributed by atoms with van der Waals surface area (Å²) in [4.78, 5) is 38.8. The Labute approximate surface area is 202 Å². The van der Waals surface area contributed by atoms with Gasteiger partial charge >= 0.3 is 23.9 Å². The molecule has 0 aliphatic heterocycles. The summed E-state index contributed by atoms with van der Waals surface area (Å²) in [6.45, 7) is 0. The van der Waals surface area contributed by atoms with Crippen molar-refractivity contribution >= 4 is 35.3 Å². The molecular formula is C20H26N2O14. The lowest BCUT2D eigenvalue weighted by molar-refractivity contribution is -0.153. The van der Waals surface area contributed by atoms with E-state index < -0.39 is 48.9 Å². The summed E-state index contributed by atoms with van der Waals surface area (Å²) in [5.41, 5.74) is 11.4. The number of phenols is 4. The molecule has 16 heteroatoms. The Bertz CT molecular complexity index is 946. The number of carbonyl (C=O) groups is 4. The van der Waals surface area contributed by atoms with Gasteiger partial charge in [0.2, 0.25) is 0 Å². The highest BCUT2D eigenvalue weighted by atomic mass is 16.4. The third-order valence-corrected chi connectivity index (χ3v) is 3.30. The normalized spacial score (nSPS) is 10.9. The molecule has 2 aromatic carbocycles. The quantitative estimate of drug-likeness (QED) is 0.126. The zero-order valence-corrected chi connectivity index (χ0v) is 18.3. The molecule has 0 bridgehead atoms. The summed E-state index contributed by atoms with van der Waals surface area (Å²) in [5.74, 6) is -6.36. The third kappa shape index (κ3) is 16.6. The number of anilines is 2. The Morgan fingerprint density at radius 2 is 0.861 bits per heavy atom. The number of hydrogen-bond acceptors (Lipinski definition) is 12. The Kier molecular flexibility index (Phi) is 15.3. The summed E-state index contributed by atoms with van der Waals surface area (Å²) in [5, 5.41) is 83.3. The summed E-state index contributed by atoms with van der Waals surface area (Å²) in [6.07, 6.45) is -5.09. The van der Waals surface area contributed by atoms with Gasteiger partial charge in [-0.3, -0.25) is 9.59 Å². The Morgan fingerprint density at radius 3 is 1.00 bits per heavy atom. The van der Waals surface area contributed by atoms with Crippen LogP contribution >= 0.6 is 0 Å². The van der Waals surface area contributed by atoms with Gasteiger partial charge in [-0.05, 0) is 24.3 Å². The highest BCUT2D eigenvalue weighted by Gasteiger charge is 2.16. The first kappa shape index (κ1) is 33.2. The van der Waals surface area contributed by atoms with Crippen LogP contribution in [0.15, 0.2) is 36.4 Å². The third-order valence-electron chi connectivity index (χ3n) is 3.30. The molecule has 0 fully saturated rings. The van der Waals surface area contributed by atoms with E-state index in [1.54, 1.807) is 0 Å². The number of rotatable bonds is 6. The van der Waals surface area contributed by atoms with Crippen molar-refractivity contribution in [3.05, 3.63) is 36.4 Å². The molecule has 36 heavy (non-hydrogen) atoms. The van der Waals surface area contributed by atoms with E-state index in [0.717, 1.165) is 0 Å². The molecule has 2 aromatic rings. The summed E-state index contributed by atoms with van der Waals surface area (Å²) >= 11 is 0. The van der Waals surface area contributed by atoms with E-state index in [2.05, 4.69) is 0 Å². The van der Waals surface area contributed by atoms with Gasteiger partial charge in [-0.2, -0.15) is 0 Å². The molecule has 0 aromatic heterocycles. The van der Waals surface area contributed by atoms with Gasteiger partial charge in [0.05, 0.1) is 12.8 Å². The topological polar surface area (TPSA) is 323 Å². The molecule has 14 N–H and O–H groups in total. The maximum absolute atomic E-state index is 9.72. The van der Waals surface area contributed by atoms with E-state index in [1.807, 2.05) is 0 Å². The lowest BCUT2D eigenvalue weighted by atomic mass is 10.3. The fourth-order valence-electron chi connectivity index (χ4n) is 1.59. The van der Waals surface area contributed by atoms with Crippen LogP contribution in [-0.4, -0.2) is 87.2 Å². The van der Waals surface area contributed by atoms with Crippen molar-refractivity contribution in [3.8, 4) is 23.0 Å². The minimum atomic E-state index is -1.79. The van der Waals surface area contributed by atoms with Crippen LogP contribution in [0.2, 0.25) is 0 Å². The van der Waals surface area contributed by atoms with Crippen molar-refractivity contribution in [2.24, 2.45) is 0 Å². The first-order valence-electron chi connectivity index (χ1n) is 9.28. The van der Waals surface area contributed by atoms with Crippen LogP contribution in [0, 0.1) is 0 Å². The van der Waals surface area contributed by atoms with Crippen molar-refractivity contribution in [1.29, 1.82) is 0 Å². The van der Waals surface area contributed by atoms with Gasteiger partial charge in [0, 0.05) is 23.5 Å². The predicted molar refractivity (Wildman–Crippen MR) is 120 cm³/mol. The van der Waals surface area contributed by atoms with Crippen LogP contribution in [-0.2, 0) is 19.2 Å². The molecule has 0 heterocycles. The summed E-state index contributed by atoms with van der Waals surface area (Å²) in [6, 6.07) is 8.27. The van der Waals surface area contributed by atoms with Gasteiger partial charge in [-0.25, -0.2) is 9.59 Å². The molecular weight excluding hydrogens is 492 g/mol. The second-order valence-corrected chi connectivity index (χ2v) is 6.40. The molecule has 0 radical (unpaired) electrons. The van der Waals surface area contributed by atoms with E-state index in [-0.39, 0.29) is 23.0 Å². The number of aromatic hydroxyl groups is 4. The highest BCUT2D eigenvalue weighted by Crippen LogP contribution is 2.26. The maximum atomic E-state index is 9.72. The van der Waals surface area contributed by atoms with Gasteiger partial charge in [0.25, 0.3) is 0 Å². The molecule has 200 valence electrons. The van der Waals surface area contributed by atoms with Crippen molar-refractivity contribution in [2.75, 3.05) is 11.5 Å². The molecule has 2 atom stereocenters. The van der Waals surface area contributed by atoms with Gasteiger partial charge < -0.3 is 62.5 Å². The monoisotopic (exact) mass is 518 g/mol. The Hall–Kier alpha value is -4.96. The first-order chi connectivity index (χ1) is 16.5. The molecule has 0 saturated carbocycles. The van der Waals surface area contributed by atoms with Crippen molar-refractivity contribution < 1.29 is 70.2 Å². The van der Waals surface area contributed by atoms with E-state index in [4.69, 9.17) is 62.5 Å². The molecule has 0 saturated heterocycles. The van der Waals surface area contributed by atoms with E-state index in [1.165, 1.54) is 36.4 Å². The fraction of sp³-hybridized carbons (Fsp3) is 0.200. The van der Waals surface area contributed by atoms with Crippen LogP contribution in [0.25, 0.3) is 0 Å². The van der Waals surface area contributed by atoms with E-state index >= 15 is 0 Å². The molecule has 0 aliphatic carbocycles. The number of nitrogen functional groups attached to an aromatic ring is 2. The van der Waals surface area contributed by atoms with Gasteiger partial charge in [-0.1, -0.05) is 0 Å². The average Bonchev–Trinajstić information content (AvgIpc) is 2.74. The number of nitrogens with two attached hydrogens (primary N) is 2. The second-order valence-electron chi connectivity index (χ2n) is 6.40. The number of hydrogen-bond donors (Lipinski definition) is 12. The number of aliphatic hydroxyl groups excluding tert-OH is 2. The van der Waals surface area contributed by atoms with Crippen LogP contribution in [0.4, 0.5) is 11.4 Å². The van der Waals surface area contributed by atoms with Gasteiger partial charge in [0.1, 0.15) is 0 Å². The predicted octanol–water partition coefficient (Wildman–Crippen LogP) is -0.827. The van der Waals surface area contributed by atoms with Crippen molar-refractivity contribution in [3.63, 3.8) is 0 Å². The minimum absolute atomic E-state index is 0.149. The van der Waals surface area contributed by atoms with E-state index in [9.17, 15) is 19.2 Å². The van der Waals surface area contributed by atoms with Gasteiger partial charge in [0.15, 0.2) is 35.2 Å². The highest BCUT2D eigenvalue weighted by molar-refractivity contribution is 5.79. The average molecular weight is 518 g/mol. The minimum Gasteiger partial charge on any atom is -0.504 e. The Morgan fingerprint density at radius 1 is 0.583 bits per heavy atom. The lowest BCUT2D eigenvalue weighted by Gasteiger charge is -1.97. The number of carboxylic acids is 4. The molecule has 0 amide bonds. The van der Waals surface area contributed by atoms with Crippen LogP contribution in [0.5, 0.6) is 23.0 Å². The zero-order chi connectivity index (χ0) is 28.6. The lowest BCUT2D eigenvalue weighted by Crippen LogP contribution is -2.22. The smallest absolute Gasteiger partial charge is 0.333 e. The van der Waals surface area contributed by atoms with Crippen LogP contribution in [0.1, 0.15) is 12.8 Å². The van der Waals surface area contributed by atoms with Crippen LogP contribution < -0.4 is 11.5 Å². The second kappa shape index (κ2) is 16.6. The molecule has 2 unspecified atom stereocenters. The summed E-state index contributed by atoms with van der Waals surface area (Å²) in [7, 11) is 0. The van der Waals surface area contributed by atoms with Gasteiger partial charge in [-0.15, -0.1) is 0 Å². The number of phenolic OH excluding ortho intramolecular Hbond substituents is 4. The Balaban J connectivity index is 0. The molecule has 16 nitrogen and oxygen atoms in total. The largest absolute Gasteiger partial charge is 0.504 e. The molecule has 0 aliphatic rings. The summed E-state index contributed by atoms with van der Waals surface area (Å²) < 4.78 is 0. The zero-order valence-electron chi connectivity index (χ0n) is 18.3. The number of benzene rings is 2.